The Morgan fingerprint density at radius 2 is 2.15 bits per heavy atom. The first-order chi connectivity index (χ1) is 9.40. The third-order valence-corrected chi connectivity index (χ3v) is 4.00. The summed E-state index contributed by atoms with van der Waals surface area (Å²) in [5.74, 6) is -0.560. The zero-order valence-electron chi connectivity index (χ0n) is 11.5. The molecule has 0 bridgehead atoms. The van der Waals surface area contributed by atoms with Gasteiger partial charge in [0.05, 0.1) is 18.6 Å². The van der Waals surface area contributed by atoms with Gasteiger partial charge in [-0.3, -0.25) is 19.8 Å². The molecule has 1 aliphatic rings. The minimum Gasteiger partial charge on any atom is -0.326 e. The van der Waals surface area contributed by atoms with Crippen molar-refractivity contribution in [3.8, 4) is 0 Å². The first kappa shape index (κ1) is 15.2. The molecule has 2 amide bonds. The lowest BCUT2D eigenvalue weighted by atomic mass is 9.96. The molecule has 2 rings (SSSR count). The molecular formula is C14H18BrN3O2. The number of rotatable bonds is 3. The molecule has 1 saturated heterocycles. The predicted molar refractivity (Wildman–Crippen MR) is 79.9 cm³/mol. The zero-order valence-corrected chi connectivity index (χ0v) is 13.1. The number of halogens is 1. The highest BCUT2D eigenvalue weighted by molar-refractivity contribution is 9.10. The third kappa shape index (κ3) is 3.08. The summed E-state index contributed by atoms with van der Waals surface area (Å²) in [5.41, 5.74) is 7.09. The van der Waals surface area contributed by atoms with E-state index < -0.39 is 0 Å². The molecule has 1 fully saturated rings. The summed E-state index contributed by atoms with van der Waals surface area (Å²) in [7, 11) is 0. The van der Waals surface area contributed by atoms with Crippen molar-refractivity contribution >= 4 is 27.7 Å². The second-order valence-corrected chi connectivity index (χ2v) is 6.04. The van der Waals surface area contributed by atoms with E-state index in [2.05, 4.69) is 21.2 Å². The number of nitrogens with zero attached hydrogens (tertiary/aromatic N) is 1. The maximum Gasteiger partial charge on any atom is 0.243 e. The molecule has 3 atom stereocenters. The van der Waals surface area contributed by atoms with Crippen LogP contribution >= 0.6 is 15.9 Å². The summed E-state index contributed by atoms with van der Waals surface area (Å²) in [6.07, 6.45) is 0. The van der Waals surface area contributed by atoms with Crippen molar-refractivity contribution in [2.45, 2.75) is 32.0 Å². The van der Waals surface area contributed by atoms with E-state index in [9.17, 15) is 9.59 Å². The number of hydrogen-bond acceptors (Lipinski definition) is 4. The summed E-state index contributed by atoms with van der Waals surface area (Å²) in [4.78, 5) is 25.3. The van der Waals surface area contributed by atoms with Crippen LogP contribution in [-0.4, -0.2) is 35.3 Å². The fourth-order valence-corrected chi connectivity index (χ4v) is 2.98. The van der Waals surface area contributed by atoms with E-state index in [4.69, 9.17) is 5.73 Å². The lowest BCUT2D eigenvalue weighted by molar-refractivity contribution is -0.141. The molecule has 6 heteroatoms. The van der Waals surface area contributed by atoms with Gasteiger partial charge >= 0.3 is 0 Å². The van der Waals surface area contributed by atoms with Gasteiger partial charge in [-0.2, -0.15) is 0 Å². The highest BCUT2D eigenvalue weighted by Crippen LogP contribution is 2.28. The van der Waals surface area contributed by atoms with Crippen molar-refractivity contribution in [1.29, 1.82) is 0 Å². The lowest BCUT2D eigenvalue weighted by Gasteiger charge is -2.40. The number of nitrogens with one attached hydrogen (secondary N) is 1. The van der Waals surface area contributed by atoms with Crippen molar-refractivity contribution in [3.05, 3.63) is 34.3 Å². The maximum atomic E-state index is 11.8. The summed E-state index contributed by atoms with van der Waals surface area (Å²) < 4.78 is 0.945. The molecule has 108 valence electrons. The Morgan fingerprint density at radius 3 is 2.75 bits per heavy atom. The van der Waals surface area contributed by atoms with E-state index in [1.807, 2.05) is 36.1 Å². The molecule has 1 aromatic rings. The Bertz CT molecular complexity index is 533. The molecule has 5 nitrogen and oxygen atoms in total. The highest BCUT2D eigenvalue weighted by Gasteiger charge is 2.37. The number of carbonyl (C=O) groups excluding carboxylic acids is 2. The number of nitrogens with two attached hydrogens (primary N) is 1. The van der Waals surface area contributed by atoms with Gasteiger partial charge in [-0.25, -0.2) is 0 Å². The second kappa shape index (κ2) is 6.03. The first-order valence-corrected chi connectivity index (χ1v) is 7.30. The average Bonchev–Trinajstić information content (AvgIpc) is 2.35. The maximum absolute atomic E-state index is 11.8. The quantitative estimate of drug-likeness (QED) is 0.811. The summed E-state index contributed by atoms with van der Waals surface area (Å²) in [5, 5.41) is 2.35. The van der Waals surface area contributed by atoms with Crippen molar-refractivity contribution in [3.63, 3.8) is 0 Å². The lowest BCUT2D eigenvalue weighted by Crippen LogP contribution is -2.59. The van der Waals surface area contributed by atoms with Gasteiger partial charge in [0.25, 0.3) is 0 Å². The van der Waals surface area contributed by atoms with Crippen LogP contribution in [-0.2, 0) is 9.59 Å². The Balaban J connectivity index is 2.37. The van der Waals surface area contributed by atoms with Crippen LogP contribution in [0.5, 0.6) is 0 Å². The number of benzene rings is 1. The van der Waals surface area contributed by atoms with Crippen LogP contribution in [0.3, 0.4) is 0 Å². The molecule has 3 unspecified atom stereocenters. The van der Waals surface area contributed by atoms with E-state index in [1.54, 1.807) is 6.92 Å². The van der Waals surface area contributed by atoms with Crippen LogP contribution in [0.4, 0.5) is 0 Å². The minimum absolute atomic E-state index is 0.172. The van der Waals surface area contributed by atoms with E-state index in [0.717, 1.165) is 10.0 Å². The summed E-state index contributed by atoms with van der Waals surface area (Å²) in [6, 6.07) is 7.01. The molecule has 1 heterocycles. The van der Waals surface area contributed by atoms with Gasteiger partial charge in [0.2, 0.25) is 11.8 Å². The van der Waals surface area contributed by atoms with Crippen molar-refractivity contribution in [1.82, 2.24) is 10.2 Å². The minimum atomic E-state index is -0.386. The van der Waals surface area contributed by atoms with Crippen molar-refractivity contribution in [2.75, 3.05) is 6.54 Å². The molecule has 0 saturated carbocycles. The smallest absolute Gasteiger partial charge is 0.243 e. The number of amides is 2. The Kier molecular flexibility index (Phi) is 4.57. The molecule has 0 aromatic heterocycles. The Labute approximate surface area is 126 Å². The topological polar surface area (TPSA) is 75.4 Å². The second-order valence-electron chi connectivity index (χ2n) is 5.12. The molecule has 20 heavy (non-hydrogen) atoms. The molecule has 1 aliphatic heterocycles. The molecule has 0 aliphatic carbocycles. The van der Waals surface area contributed by atoms with E-state index in [-0.39, 0.29) is 36.5 Å². The standard InChI is InChI=1S/C14H18BrN3O2/c1-8(16)13(10-4-3-5-11(15)6-10)18-7-12(19)17-14(20)9(18)2/h3-6,8-9,13H,7,16H2,1-2H3,(H,17,19,20). The zero-order chi connectivity index (χ0) is 14.9. The highest BCUT2D eigenvalue weighted by atomic mass is 79.9. The fourth-order valence-electron chi connectivity index (χ4n) is 2.56. The van der Waals surface area contributed by atoms with Crippen LogP contribution in [0.1, 0.15) is 25.5 Å². The molecule has 0 spiro atoms. The SMILES string of the molecule is CC(N)C(c1cccc(Br)c1)N1CC(=O)NC(=O)C1C. The van der Waals surface area contributed by atoms with Crippen LogP contribution in [0.2, 0.25) is 0 Å². The molecule has 0 radical (unpaired) electrons. The van der Waals surface area contributed by atoms with Gasteiger partial charge in [0, 0.05) is 10.5 Å². The fraction of sp³-hybridized carbons (Fsp3) is 0.429. The normalized spacial score (nSPS) is 23.3. The van der Waals surface area contributed by atoms with Gasteiger partial charge in [-0.05, 0) is 31.5 Å². The van der Waals surface area contributed by atoms with Gasteiger partial charge in [0.1, 0.15) is 0 Å². The van der Waals surface area contributed by atoms with Crippen LogP contribution in [0.15, 0.2) is 28.7 Å². The summed E-state index contributed by atoms with van der Waals surface area (Å²) in [6.45, 7) is 3.84. The average molecular weight is 340 g/mol. The Hall–Kier alpha value is -1.24. The largest absolute Gasteiger partial charge is 0.326 e. The van der Waals surface area contributed by atoms with Gasteiger partial charge in [0.15, 0.2) is 0 Å². The molecular weight excluding hydrogens is 322 g/mol. The van der Waals surface area contributed by atoms with Crippen LogP contribution in [0, 0.1) is 0 Å². The number of hydrogen-bond donors (Lipinski definition) is 2. The van der Waals surface area contributed by atoms with Gasteiger partial charge < -0.3 is 5.73 Å². The van der Waals surface area contributed by atoms with Gasteiger partial charge in [-0.15, -0.1) is 0 Å². The summed E-state index contributed by atoms with van der Waals surface area (Å²) >= 11 is 3.44. The number of carbonyl (C=O) groups is 2. The Morgan fingerprint density at radius 1 is 1.45 bits per heavy atom. The van der Waals surface area contributed by atoms with Crippen LogP contribution < -0.4 is 11.1 Å². The predicted octanol–water partition coefficient (Wildman–Crippen LogP) is 1.18. The van der Waals surface area contributed by atoms with Crippen molar-refractivity contribution in [2.24, 2.45) is 5.73 Å². The number of imide groups is 1. The van der Waals surface area contributed by atoms with Crippen molar-refractivity contribution < 1.29 is 9.59 Å². The third-order valence-electron chi connectivity index (χ3n) is 3.51. The first-order valence-electron chi connectivity index (χ1n) is 6.50. The number of piperazine rings is 1. The molecule has 3 N–H and O–H groups in total. The molecule has 1 aromatic carbocycles. The van der Waals surface area contributed by atoms with E-state index in [0.29, 0.717) is 0 Å². The van der Waals surface area contributed by atoms with E-state index in [1.165, 1.54) is 0 Å². The van der Waals surface area contributed by atoms with E-state index >= 15 is 0 Å². The monoisotopic (exact) mass is 339 g/mol. The van der Waals surface area contributed by atoms with Crippen LogP contribution in [0.25, 0.3) is 0 Å². The van der Waals surface area contributed by atoms with Gasteiger partial charge in [-0.1, -0.05) is 28.1 Å².